The van der Waals surface area contributed by atoms with Crippen LogP contribution in [0, 0.1) is 35.4 Å². The minimum atomic E-state index is -4.87. The molecule has 35 heavy (non-hydrogen) atoms. The van der Waals surface area contributed by atoms with Crippen LogP contribution in [0.1, 0.15) is 121 Å². The Labute approximate surface area is 209 Å². The van der Waals surface area contributed by atoms with Crippen molar-refractivity contribution in [3.63, 3.8) is 0 Å². The molecule has 0 aliphatic heterocycles. The van der Waals surface area contributed by atoms with E-state index in [9.17, 15) is 17.6 Å². The zero-order valence-electron chi connectivity index (χ0n) is 21.4. The Morgan fingerprint density at radius 1 is 0.771 bits per heavy atom. The fraction of sp³-hybridized carbons (Fsp3) is 0.800. The summed E-state index contributed by atoms with van der Waals surface area (Å²) in [5.41, 5.74) is 0.825. The van der Waals surface area contributed by atoms with E-state index in [0.29, 0.717) is 5.92 Å². The Bertz CT molecular complexity index is 783. The van der Waals surface area contributed by atoms with Gasteiger partial charge in [0, 0.05) is 0 Å². The lowest BCUT2D eigenvalue weighted by Gasteiger charge is -2.45. The fourth-order valence-corrected chi connectivity index (χ4v) is 7.62. The molecule has 3 aliphatic carbocycles. The smallest absolute Gasteiger partial charge is 0.403 e. The van der Waals surface area contributed by atoms with Crippen molar-refractivity contribution in [2.45, 2.75) is 122 Å². The maximum absolute atomic E-state index is 14.2. The molecule has 1 nitrogen and oxygen atoms in total. The molecule has 4 rings (SSSR count). The predicted molar refractivity (Wildman–Crippen MR) is 133 cm³/mol. The van der Waals surface area contributed by atoms with Gasteiger partial charge in [-0.15, -0.1) is 13.2 Å². The zero-order chi connectivity index (χ0) is 24.8. The van der Waals surface area contributed by atoms with Gasteiger partial charge in [0.25, 0.3) is 0 Å². The molecular formula is C30H44F4O. The van der Waals surface area contributed by atoms with Crippen LogP contribution in [0.4, 0.5) is 17.6 Å². The summed E-state index contributed by atoms with van der Waals surface area (Å²) in [6.45, 7) is 2.28. The monoisotopic (exact) mass is 496 g/mol. The van der Waals surface area contributed by atoms with Gasteiger partial charge in [0.1, 0.15) is 0 Å². The number of halogens is 4. The standard InChI is InChI=1S/C30H44F4O/c1-2-3-4-5-6-7-21-8-10-22(11-9-21)23-12-13-25-19-26(15-14-24(25)18-23)27-16-17-29(28(31)20-27)35-30(32,33)34/h16-17,20-26H,2-15,18-19H2,1H3. The van der Waals surface area contributed by atoms with Crippen LogP contribution in [0.3, 0.4) is 0 Å². The molecule has 3 fully saturated rings. The first-order valence-corrected chi connectivity index (χ1v) is 14.4. The molecule has 3 saturated carbocycles. The van der Waals surface area contributed by atoms with Gasteiger partial charge in [0.2, 0.25) is 0 Å². The van der Waals surface area contributed by atoms with Crippen molar-refractivity contribution in [2.24, 2.45) is 29.6 Å². The normalized spacial score (nSPS) is 31.7. The summed E-state index contributed by atoms with van der Waals surface area (Å²) in [6.07, 6.45) is 16.4. The van der Waals surface area contributed by atoms with Gasteiger partial charge in [0.15, 0.2) is 11.6 Å². The third-order valence-electron chi connectivity index (χ3n) is 9.58. The van der Waals surface area contributed by atoms with Gasteiger partial charge < -0.3 is 4.74 Å². The molecule has 0 spiro atoms. The lowest BCUT2D eigenvalue weighted by Crippen LogP contribution is -2.34. The van der Waals surface area contributed by atoms with Gasteiger partial charge in [-0.3, -0.25) is 0 Å². The highest BCUT2D eigenvalue weighted by Crippen LogP contribution is 2.51. The van der Waals surface area contributed by atoms with E-state index >= 15 is 0 Å². The molecule has 5 heteroatoms. The molecule has 0 N–H and O–H groups in total. The number of rotatable bonds is 9. The van der Waals surface area contributed by atoms with Crippen LogP contribution in [0.25, 0.3) is 0 Å². The van der Waals surface area contributed by atoms with E-state index < -0.39 is 17.9 Å². The molecule has 0 aromatic heterocycles. The lowest BCUT2D eigenvalue weighted by atomic mass is 9.60. The minimum Gasteiger partial charge on any atom is -0.403 e. The van der Waals surface area contributed by atoms with E-state index in [0.717, 1.165) is 48.1 Å². The number of unbranched alkanes of at least 4 members (excludes halogenated alkanes) is 4. The molecule has 4 atom stereocenters. The Hall–Kier alpha value is -1.26. The van der Waals surface area contributed by atoms with Crippen LogP contribution in [-0.2, 0) is 0 Å². The summed E-state index contributed by atoms with van der Waals surface area (Å²) in [5, 5.41) is 0. The molecular weight excluding hydrogens is 452 g/mol. The van der Waals surface area contributed by atoms with Crippen molar-refractivity contribution in [3.05, 3.63) is 29.6 Å². The summed E-state index contributed by atoms with van der Waals surface area (Å²) in [6, 6.07) is 4.03. The molecule has 198 valence electrons. The highest BCUT2D eigenvalue weighted by Gasteiger charge is 2.39. The van der Waals surface area contributed by atoms with Crippen LogP contribution in [0.5, 0.6) is 5.75 Å². The summed E-state index contributed by atoms with van der Waals surface area (Å²) in [4.78, 5) is 0. The topological polar surface area (TPSA) is 9.23 Å². The highest BCUT2D eigenvalue weighted by atomic mass is 19.4. The van der Waals surface area contributed by atoms with Crippen molar-refractivity contribution in [1.82, 2.24) is 0 Å². The molecule has 4 unspecified atom stereocenters. The highest BCUT2D eigenvalue weighted by molar-refractivity contribution is 5.32. The van der Waals surface area contributed by atoms with Crippen LogP contribution in [-0.4, -0.2) is 6.36 Å². The summed E-state index contributed by atoms with van der Waals surface area (Å²) in [7, 11) is 0. The van der Waals surface area contributed by atoms with Crippen LogP contribution in [0.15, 0.2) is 18.2 Å². The van der Waals surface area contributed by atoms with Gasteiger partial charge in [-0.1, -0.05) is 64.4 Å². The molecule has 0 bridgehead atoms. The maximum atomic E-state index is 14.2. The van der Waals surface area contributed by atoms with E-state index in [1.807, 2.05) is 0 Å². The summed E-state index contributed by atoms with van der Waals surface area (Å²) >= 11 is 0. The Balaban J connectivity index is 1.21. The van der Waals surface area contributed by atoms with Crippen molar-refractivity contribution >= 4 is 0 Å². The second-order valence-electron chi connectivity index (χ2n) is 11.8. The first-order valence-electron chi connectivity index (χ1n) is 14.4. The third-order valence-corrected chi connectivity index (χ3v) is 9.58. The Morgan fingerprint density at radius 3 is 2.09 bits per heavy atom. The van der Waals surface area contributed by atoms with Crippen molar-refractivity contribution in [2.75, 3.05) is 0 Å². The van der Waals surface area contributed by atoms with Gasteiger partial charge in [-0.05, 0) is 105 Å². The van der Waals surface area contributed by atoms with Crippen LogP contribution in [0.2, 0.25) is 0 Å². The second kappa shape index (κ2) is 12.3. The quantitative estimate of drug-likeness (QED) is 0.244. The number of fused-ring (bicyclic) bond motifs is 1. The van der Waals surface area contributed by atoms with E-state index in [-0.39, 0.29) is 5.92 Å². The van der Waals surface area contributed by atoms with Gasteiger partial charge >= 0.3 is 6.36 Å². The molecule has 1 aromatic carbocycles. The molecule has 0 heterocycles. The van der Waals surface area contributed by atoms with Crippen molar-refractivity contribution < 1.29 is 22.3 Å². The van der Waals surface area contributed by atoms with Crippen LogP contribution < -0.4 is 4.74 Å². The maximum Gasteiger partial charge on any atom is 0.573 e. The molecule has 0 radical (unpaired) electrons. The first kappa shape index (κ1) is 26.8. The Morgan fingerprint density at radius 2 is 1.40 bits per heavy atom. The lowest BCUT2D eigenvalue weighted by molar-refractivity contribution is -0.275. The summed E-state index contributed by atoms with van der Waals surface area (Å²) < 4.78 is 55.4. The Kier molecular flexibility index (Phi) is 9.43. The zero-order valence-corrected chi connectivity index (χ0v) is 21.4. The number of ether oxygens (including phenoxy) is 1. The van der Waals surface area contributed by atoms with E-state index in [1.165, 1.54) is 96.0 Å². The first-order chi connectivity index (χ1) is 16.8. The number of alkyl halides is 3. The van der Waals surface area contributed by atoms with Crippen molar-refractivity contribution in [3.8, 4) is 5.75 Å². The largest absolute Gasteiger partial charge is 0.573 e. The van der Waals surface area contributed by atoms with Crippen molar-refractivity contribution in [1.29, 1.82) is 0 Å². The van der Waals surface area contributed by atoms with Gasteiger partial charge in [-0.2, -0.15) is 0 Å². The summed E-state index contributed by atoms with van der Waals surface area (Å²) in [5.74, 6) is 2.82. The molecule has 0 amide bonds. The molecule has 1 aromatic rings. The van der Waals surface area contributed by atoms with Crippen LogP contribution >= 0.6 is 0 Å². The van der Waals surface area contributed by atoms with E-state index in [4.69, 9.17) is 0 Å². The SMILES string of the molecule is CCCCCCCC1CCC(C2CCC3CC(c4ccc(OC(F)(F)F)c(F)c4)CCC3C2)CC1. The number of hydrogen-bond acceptors (Lipinski definition) is 1. The number of benzene rings is 1. The molecule has 0 saturated heterocycles. The third kappa shape index (κ3) is 7.61. The molecule has 3 aliphatic rings. The van der Waals surface area contributed by atoms with Gasteiger partial charge in [-0.25, -0.2) is 4.39 Å². The average molecular weight is 497 g/mol. The van der Waals surface area contributed by atoms with Gasteiger partial charge in [0.05, 0.1) is 0 Å². The average Bonchev–Trinajstić information content (AvgIpc) is 2.84. The number of hydrogen-bond donors (Lipinski definition) is 0. The minimum absolute atomic E-state index is 0.245. The fourth-order valence-electron chi connectivity index (χ4n) is 7.62. The second-order valence-corrected chi connectivity index (χ2v) is 11.8. The predicted octanol–water partition coefficient (Wildman–Crippen LogP) is 10.2. The van der Waals surface area contributed by atoms with E-state index in [1.54, 1.807) is 6.07 Å². The van der Waals surface area contributed by atoms with E-state index in [2.05, 4.69) is 11.7 Å².